The molecule has 0 aliphatic rings. The minimum absolute atomic E-state index is 0.630. The number of hydrogen-bond acceptors (Lipinski definition) is 2. The largest absolute Gasteiger partial charge is 0.326 e. The van der Waals surface area contributed by atoms with Crippen molar-refractivity contribution in [3.8, 4) is 0 Å². The standard InChI is InChI=1S/C12H20N2/c1-4-14(3)9-12-6-5-11(8-13)7-10(12)2/h5-7H,4,8-9,13H2,1-3H3. The van der Waals surface area contributed by atoms with Gasteiger partial charge in [-0.3, -0.25) is 0 Å². The lowest BCUT2D eigenvalue weighted by molar-refractivity contribution is 0.345. The average Bonchev–Trinajstić information content (AvgIpc) is 2.20. The van der Waals surface area contributed by atoms with Gasteiger partial charge in [0.1, 0.15) is 0 Å². The molecule has 0 atom stereocenters. The monoisotopic (exact) mass is 192 g/mol. The molecule has 0 heterocycles. The quantitative estimate of drug-likeness (QED) is 0.789. The SMILES string of the molecule is CCN(C)Cc1ccc(CN)cc1C. The Kier molecular flexibility index (Phi) is 4.11. The van der Waals surface area contributed by atoms with Crippen molar-refractivity contribution in [3.63, 3.8) is 0 Å². The van der Waals surface area contributed by atoms with Crippen molar-refractivity contribution in [1.29, 1.82) is 0 Å². The van der Waals surface area contributed by atoms with E-state index >= 15 is 0 Å². The summed E-state index contributed by atoms with van der Waals surface area (Å²) in [6.07, 6.45) is 0. The van der Waals surface area contributed by atoms with Crippen molar-refractivity contribution in [2.24, 2.45) is 5.73 Å². The molecule has 0 aromatic heterocycles. The molecule has 1 aromatic rings. The van der Waals surface area contributed by atoms with Crippen molar-refractivity contribution in [2.45, 2.75) is 26.9 Å². The second kappa shape index (κ2) is 5.13. The fourth-order valence-corrected chi connectivity index (χ4v) is 1.46. The second-order valence-corrected chi connectivity index (χ2v) is 3.80. The maximum atomic E-state index is 5.59. The zero-order valence-corrected chi connectivity index (χ0v) is 9.38. The first-order valence-electron chi connectivity index (χ1n) is 5.14. The molecular formula is C12H20N2. The Morgan fingerprint density at radius 2 is 2.07 bits per heavy atom. The molecule has 78 valence electrons. The van der Waals surface area contributed by atoms with Crippen LogP contribution in [0.25, 0.3) is 0 Å². The van der Waals surface area contributed by atoms with Gasteiger partial charge in [0.15, 0.2) is 0 Å². The molecule has 0 aliphatic carbocycles. The van der Waals surface area contributed by atoms with E-state index in [9.17, 15) is 0 Å². The lowest BCUT2D eigenvalue weighted by Crippen LogP contribution is -2.17. The zero-order chi connectivity index (χ0) is 10.6. The van der Waals surface area contributed by atoms with E-state index in [-0.39, 0.29) is 0 Å². The predicted molar refractivity (Wildman–Crippen MR) is 61.1 cm³/mol. The summed E-state index contributed by atoms with van der Waals surface area (Å²) in [5.41, 5.74) is 9.54. The van der Waals surface area contributed by atoms with Crippen molar-refractivity contribution in [3.05, 3.63) is 34.9 Å². The maximum absolute atomic E-state index is 5.59. The predicted octanol–water partition coefficient (Wildman–Crippen LogP) is 1.91. The molecule has 0 spiro atoms. The topological polar surface area (TPSA) is 29.3 Å². The van der Waals surface area contributed by atoms with Crippen LogP contribution in [0.3, 0.4) is 0 Å². The lowest BCUT2D eigenvalue weighted by Gasteiger charge is -2.16. The van der Waals surface area contributed by atoms with E-state index in [1.54, 1.807) is 0 Å². The van der Waals surface area contributed by atoms with Crippen LogP contribution in [0.15, 0.2) is 18.2 Å². The van der Waals surface area contributed by atoms with Crippen molar-refractivity contribution >= 4 is 0 Å². The van der Waals surface area contributed by atoms with Gasteiger partial charge < -0.3 is 10.6 Å². The fourth-order valence-electron chi connectivity index (χ4n) is 1.46. The van der Waals surface area contributed by atoms with Crippen LogP contribution in [0.5, 0.6) is 0 Å². The Bertz CT molecular complexity index is 294. The second-order valence-electron chi connectivity index (χ2n) is 3.80. The Balaban J connectivity index is 2.78. The third-order valence-electron chi connectivity index (χ3n) is 2.62. The summed E-state index contributed by atoms with van der Waals surface area (Å²) in [5.74, 6) is 0. The van der Waals surface area contributed by atoms with E-state index in [0.717, 1.165) is 13.1 Å². The summed E-state index contributed by atoms with van der Waals surface area (Å²) in [6, 6.07) is 6.48. The van der Waals surface area contributed by atoms with Crippen LogP contribution in [-0.2, 0) is 13.1 Å². The van der Waals surface area contributed by atoms with E-state index in [4.69, 9.17) is 5.73 Å². The molecule has 0 saturated heterocycles. The lowest BCUT2D eigenvalue weighted by atomic mass is 10.0. The van der Waals surface area contributed by atoms with Gasteiger partial charge in [0.25, 0.3) is 0 Å². The van der Waals surface area contributed by atoms with Crippen LogP contribution < -0.4 is 5.73 Å². The van der Waals surface area contributed by atoms with Crippen LogP contribution in [0.1, 0.15) is 23.6 Å². The van der Waals surface area contributed by atoms with Gasteiger partial charge in [0, 0.05) is 13.1 Å². The molecule has 1 aromatic carbocycles. The molecule has 0 unspecified atom stereocenters. The normalized spacial score (nSPS) is 10.9. The number of hydrogen-bond donors (Lipinski definition) is 1. The first kappa shape index (κ1) is 11.2. The van der Waals surface area contributed by atoms with Gasteiger partial charge in [-0.05, 0) is 37.2 Å². The van der Waals surface area contributed by atoms with E-state index in [0.29, 0.717) is 6.54 Å². The summed E-state index contributed by atoms with van der Waals surface area (Å²) >= 11 is 0. The molecule has 0 aliphatic heterocycles. The van der Waals surface area contributed by atoms with Gasteiger partial charge in [-0.2, -0.15) is 0 Å². The first-order valence-corrected chi connectivity index (χ1v) is 5.14. The number of benzene rings is 1. The molecular weight excluding hydrogens is 172 g/mol. The van der Waals surface area contributed by atoms with Crippen LogP contribution in [0.2, 0.25) is 0 Å². The Morgan fingerprint density at radius 3 is 2.57 bits per heavy atom. The van der Waals surface area contributed by atoms with E-state index in [2.05, 4.69) is 44.0 Å². The van der Waals surface area contributed by atoms with Gasteiger partial charge >= 0.3 is 0 Å². The maximum Gasteiger partial charge on any atom is 0.0233 e. The van der Waals surface area contributed by atoms with Gasteiger partial charge in [0.05, 0.1) is 0 Å². The molecule has 0 bridgehead atoms. The van der Waals surface area contributed by atoms with Crippen molar-refractivity contribution in [1.82, 2.24) is 4.90 Å². The molecule has 0 amide bonds. The smallest absolute Gasteiger partial charge is 0.0233 e. The van der Waals surface area contributed by atoms with Gasteiger partial charge in [-0.25, -0.2) is 0 Å². The molecule has 14 heavy (non-hydrogen) atoms. The minimum Gasteiger partial charge on any atom is -0.326 e. The molecule has 1 rings (SSSR count). The summed E-state index contributed by atoms with van der Waals surface area (Å²) in [6.45, 7) is 7.05. The molecule has 0 saturated carbocycles. The van der Waals surface area contributed by atoms with Gasteiger partial charge in [-0.1, -0.05) is 25.1 Å². The Morgan fingerprint density at radius 1 is 1.36 bits per heavy atom. The minimum atomic E-state index is 0.630. The van der Waals surface area contributed by atoms with Gasteiger partial charge in [0.2, 0.25) is 0 Å². The Labute approximate surface area is 86.7 Å². The van der Waals surface area contributed by atoms with Crippen molar-refractivity contribution in [2.75, 3.05) is 13.6 Å². The summed E-state index contributed by atoms with van der Waals surface area (Å²) in [7, 11) is 2.14. The van der Waals surface area contributed by atoms with Crippen molar-refractivity contribution < 1.29 is 0 Å². The summed E-state index contributed by atoms with van der Waals surface area (Å²) in [5, 5.41) is 0. The number of nitrogens with zero attached hydrogens (tertiary/aromatic N) is 1. The molecule has 0 radical (unpaired) electrons. The number of rotatable bonds is 4. The van der Waals surface area contributed by atoms with Crippen LogP contribution in [0, 0.1) is 6.92 Å². The number of aryl methyl sites for hydroxylation is 1. The van der Waals surface area contributed by atoms with E-state index < -0.39 is 0 Å². The first-order chi connectivity index (χ1) is 6.67. The third-order valence-corrected chi connectivity index (χ3v) is 2.62. The fraction of sp³-hybridized carbons (Fsp3) is 0.500. The van der Waals surface area contributed by atoms with Crippen LogP contribution >= 0.6 is 0 Å². The highest BCUT2D eigenvalue weighted by Crippen LogP contribution is 2.12. The molecule has 2 heteroatoms. The molecule has 2 nitrogen and oxygen atoms in total. The Hall–Kier alpha value is -0.860. The van der Waals surface area contributed by atoms with Crippen LogP contribution in [0.4, 0.5) is 0 Å². The average molecular weight is 192 g/mol. The van der Waals surface area contributed by atoms with Crippen LogP contribution in [-0.4, -0.2) is 18.5 Å². The third kappa shape index (κ3) is 2.82. The number of nitrogens with two attached hydrogens (primary N) is 1. The van der Waals surface area contributed by atoms with E-state index in [1.165, 1.54) is 16.7 Å². The molecule has 0 fully saturated rings. The highest BCUT2D eigenvalue weighted by atomic mass is 15.1. The summed E-state index contributed by atoms with van der Waals surface area (Å²) in [4.78, 5) is 2.30. The highest BCUT2D eigenvalue weighted by Gasteiger charge is 2.01. The van der Waals surface area contributed by atoms with E-state index in [1.807, 2.05) is 0 Å². The summed E-state index contributed by atoms with van der Waals surface area (Å²) < 4.78 is 0. The zero-order valence-electron chi connectivity index (χ0n) is 9.38. The molecule has 2 N–H and O–H groups in total. The highest BCUT2D eigenvalue weighted by molar-refractivity contribution is 5.30. The van der Waals surface area contributed by atoms with Gasteiger partial charge in [-0.15, -0.1) is 0 Å².